The lowest BCUT2D eigenvalue weighted by molar-refractivity contribution is -0.570. The number of aliphatic hydroxyl groups is 1. The van der Waals surface area contributed by atoms with Crippen LogP contribution in [0.25, 0.3) is 0 Å². The average molecular weight is 691 g/mol. The Hall–Kier alpha value is -5.57. The summed E-state index contributed by atoms with van der Waals surface area (Å²) >= 11 is 0.948. The fourth-order valence-electron chi connectivity index (χ4n) is 6.23. The largest absolute Gasteiger partial charge is 0.502 e. The number of carbonyl (C=O) groups excluding carboxylic acids is 3. The fraction of sp³-hybridized carbons (Fsp3) is 0.444. The summed E-state index contributed by atoms with van der Waals surface area (Å²) in [5, 5.41) is 48.3. The van der Waals surface area contributed by atoms with Crippen molar-refractivity contribution >= 4 is 57.9 Å². The molecule has 2 saturated heterocycles. The van der Waals surface area contributed by atoms with E-state index in [4.69, 9.17) is 20.1 Å². The summed E-state index contributed by atoms with van der Waals surface area (Å²) in [4.78, 5) is 91.2. The summed E-state index contributed by atoms with van der Waals surface area (Å²) in [6.45, 7) is 2.80. The second-order valence-electron chi connectivity index (χ2n) is 12.4. The van der Waals surface area contributed by atoms with Crippen LogP contribution in [0.2, 0.25) is 0 Å². The number of hydrogen-bond donors (Lipinski definition) is 6. The number of carboxylic acid groups (broad SMARTS) is 2. The predicted octanol–water partition coefficient (Wildman–Crippen LogP) is -1.70. The van der Waals surface area contributed by atoms with Gasteiger partial charge in [-0.3, -0.25) is 19.2 Å². The number of carbonyl (C=O) groups is 5. The molecule has 2 unspecified atom stereocenters. The predicted molar refractivity (Wildman–Crippen MR) is 156 cm³/mol. The van der Waals surface area contributed by atoms with E-state index in [9.17, 15) is 49.2 Å². The van der Waals surface area contributed by atoms with E-state index in [0.29, 0.717) is 5.06 Å². The second-order valence-corrected chi connectivity index (χ2v) is 13.3. The zero-order valence-corrected chi connectivity index (χ0v) is 25.9. The number of ether oxygens (including phenoxy) is 1. The van der Waals surface area contributed by atoms with Gasteiger partial charge in [0.15, 0.2) is 23.1 Å². The molecule has 3 aliphatic heterocycles. The minimum Gasteiger partial charge on any atom is -0.502 e. The Morgan fingerprint density at radius 1 is 1.19 bits per heavy atom. The van der Waals surface area contributed by atoms with Crippen LogP contribution in [0.1, 0.15) is 44.5 Å². The van der Waals surface area contributed by atoms with Crippen molar-refractivity contribution in [2.45, 2.75) is 63.1 Å². The van der Waals surface area contributed by atoms with Gasteiger partial charge < -0.3 is 41.1 Å². The lowest BCUT2D eigenvalue weighted by Crippen LogP contribution is -2.57. The van der Waals surface area contributed by atoms with Crippen molar-refractivity contribution in [3.05, 3.63) is 39.3 Å². The minimum absolute atomic E-state index is 0.0451. The Kier molecular flexibility index (Phi) is 7.43. The van der Waals surface area contributed by atoms with Crippen molar-refractivity contribution < 1.29 is 63.4 Å². The van der Waals surface area contributed by atoms with Gasteiger partial charge in [-0.15, -0.1) is 11.3 Å². The number of nitrogens with one attached hydrogen (secondary N) is 1. The molecule has 0 bridgehead atoms. The van der Waals surface area contributed by atoms with E-state index in [1.165, 1.54) is 5.38 Å². The highest BCUT2D eigenvalue weighted by Crippen LogP contribution is 2.50. The number of carboxylic acids is 2. The van der Waals surface area contributed by atoms with Gasteiger partial charge in [-0.2, -0.15) is 9.63 Å². The first kappa shape index (κ1) is 32.4. The number of nitrogens with zero attached hydrogens (tertiary/aromatic N) is 5. The van der Waals surface area contributed by atoms with Crippen LogP contribution in [0.15, 0.2) is 27.6 Å². The molecule has 21 heteroatoms. The van der Waals surface area contributed by atoms with Crippen LogP contribution in [-0.4, -0.2) is 111 Å². The van der Waals surface area contributed by atoms with Crippen LogP contribution in [0.3, 0.4) is 0 Å². The average Bonchev–Trinajstić information content (AvgIpc) is 3.74. The first-order valence-electron chi connectivity index (χ1n) is 14.2. The number of thiazole rings is 1. The maximum atomic E-state index is 13.5. The normalized spacial score (nSPS) is 25.8. The molecule has 1 saturated carbocycles. The van der Waals surface area contributed by atoms with Gasteiger partial charge in [-0.25, -0.2) is 23.9 Å². The number of oxime groups is 1. The Bertz CT molecular complexity index is 1910. The third-order valence-corrected chi connectivity index (χ3v) is 9.02. The standard InChI is InChI=1S/C27H27N7O13S/c1-25(2)9-26(10-25,21(40)41)47-31-17(13-8-48-23(28)30-13)18(37)29-12-7-45-34(19(12)38)27(22(42)43)4-14(20(39)46-27)33-5-11-3-15(35)16(36)6-32(11)24(33)44/h3,6,8,12,14H,4-5,7,9-10H2,1-2H3,(H6,28,29,30,36,37,40,41,42,43)/p+1/b31-17-/t12-,14?,27?/m0/s1. The number of pyridine rings is 1. The summed E-state index contributed by atoms with van der Waals surface area (Å²) < 4.78 is 7.26. The Morgan fingerprint density at radius 3 is 2.50 bits per heavy atom. The summed E-state index contributed by atoms with van der Waals surface area (Å²) in [5.74, 6) is -7.15. The molecule has 48 heavy (non-hydrogen) atoms. The molecule has 2 aromatic rings. The number of cyclic esters (lactones) is 1. The molecule has 3 fully saturated rings. The van der Waals surface area contributed by atoms with Crippen LogP contribution < -0.4 is 16.5 Å². The van der Waals surface area contributed by atoms with Crippen LogP contribution in [0, 0.1) is 5.41 Å². The molecule has 0 aromatic carbocycles. The zero-order valence-electron chi connectivity index (χ0n) is 25.1. The van der Waals surface area contributed by atoms with Gasteiger partial charge in [-0.05, 0) is 5.41 Å². The molecule has 1 aliphatic carbocycles. The number of fused-ring (bicyclic) bond motifs is 1. The SMILES string of the molecule is CC1(C)CC(O/N=C(\C(=O)N[C@H]2CON(C3(C(=O)O)CC([N+]4=C(O)n5cc(O)c(=O)cc5C4)C(=O)O3)C2=O)c2csc(N)n2)(C(=O)O)C1. The smallest absolute Gasteiger partial charge is 0.455 e. The molecule has 0 spiro atoms. The van der Waals surface area contributed by atoms with Gasteiger partial charge in [0.25, 0.3) is 11.8 Å². The number of amides is 2. The first-order chi connectivity index (χ1) is 22.5. The molecule has 2 aromatic heterocycles. The van der Waals surface area contributed by atoms with E-state index in [1.807, 2.05) is 13.8 Å². The van der Waals surface area contributed by atoms with E-state index in [1.54, 1.807) is 0 Å². The molecular formula is C27H28N7O13S+. The molecule has 6 rings (SSSR count). The number of nitrogens with two attached hydrogens (primary N) is 1. The molecule has 4 aliphatic rings. The van der Waals surface area contributed by atoms with Crippen molar-refractivity contribution in [3.63, 3.8) is 0 Å². The topological polar surface area (TPSA) is 286 Å². The molecule has 20 nitrogen and oxygen atoms in total. The quantitative estimate of drug-likeness (QED) is 0.0740. The number of hydrogen-bond acceptors (Lipinski definition) is 14. The van der Waals surface area contributed by atoms with Gasteiger partial charge >= 0.3 is 29.7 Å². The molecular weight excluding hydrogens is 662 g/mol. The van der Waals surface area contributed by atoms with Crippen LogP contribution in [0.5, 0.6) is 5.75 Å². The Balaban J connectivity index is 1.22. The van der Waals surface area contributed by atoms with Crippen molar-refractivity contribution in [1.82, 2.24) is 19.9 Å². The lowest BCUT2D eigenvalue weighted by atomic mass is 9.61. The number of aliphatic carboxylic acids is 2. The Labute approximate surface area is 272 Å². The van der Waals surface area contributed by atoms with Gasteiger partial charge in [0.1, 0.15) is 24.5 Å². The van der Waals surface area contributed by atoms with Crippen LogP contribution in [0.4, 0.5) is 5.13 Å². The van der Waals surface area contributed by atoms with Crippen molar-refractivity contribution in [2.24, 2.45) is 10.6 Å². The van der Waals surface area contributed by atoms with E-state index in [-0.39, 0.29) is 41.3 Å². The number of esters is 1. The van der Waals surface area contributed by atoms with Gasteiger partial charge in [0.2, 0.25) is 22.8 Å². The molecule has 7 N–H and O–H groups in total. The molecule has 3 atom stereocenters. The number of rotatable bonds is 9. The van der Waals surface area contributed by atoms with Crippen molar-refractivity contribution in [3.8, 4) is 5.75 Å². The molecule has 2 amide bonds. The monoisotopic (exact) mass is 690 g/mol. The third-order valence-electron chi connectivity index (χ3n) is 8.35. The number of aromatic hydroxyl groups is 1. The first-order valence-corrected chi connectivity index (χ1v) is 15.1. The lowest BCUT2D eigenvalue weighted by Gasteiger charge is -2.47. The summed E-state index contributed by atoms with van der Waals surface area (Å²) in [5.41, 5.74) is -0.296. The zero-order chi connectivity index (χ0) is 34.9. The summed E-state index contributed by atoms with van der Waals surface area (Å²) in [7, 11) is 0. The van der Waals surface area contributed by atoms with Crippen LogP contribution in [-0.2, 0) is 44.9 Å². The number of nitrogen functional groups attached to an aromatic ring is 1. The van der Waals surface area contributed by atoms with E-state index in [0.717, 1.165) is 32.7 Å². The van der Waals surface area contributed by atoms with E-state index < -0.39 is 89.1 Å². The van der Waals surface area contributed by atoms with Crippen LogP contribution >= 0.6 is 11.3 Å². The fourth-order valence-corrected chi connectivity index (χ4v) is 6.77. The third kappa shape index (κ3) is 5.15. The van der Waals surface area contributed by atoms with Crippen molar-refractivity contribution in [1.29, 1.82) is 0 Å². The summed E-state index contributed by atoms with van der Waals surface area (Å²) in [6.07, 6.45) is 0.352. The number of aromatic nitrogens is 2. The summed E-state index contributed by atoms with van der Waals surface area (Å²) in [6, 6.07) is -2.64. The highest BCUT2D eigenvalue weighted by Gasteiger charge is 2.65. The number of anilines is 1. The minimum atomic E-state index is -2.74. The Morgan fingerprint density at radius 2 is 1.90 bits per heavy atom. The molecule has 254 valence electrons. The maximum Gasteiger partial charge on any atom is 0.455 e. The maximum absolute atomic E-state index is 13.5. The number of aliphatic hydroxyl groups excluding tert-OH is 1. The highest BCUT2D eigenvalue weighted by molar-refractivity contribution is 7.13. The highest BCUT2D eigenvalue weighted by atomic mass is 32.1. The molecule has 0 radical (unpaired) electrons. The van der Waals surface area contributed by atoms with E-state index >= 15 is 0 Å². The van der Waals surface area contributed by atoms with Gasteiger partial charge in [0.05, 0.1) is 6.42 Å². The number of hydroxylamine groups is 2. The van der Waals surface area contributed by atoms with E-state index in [2.05, 4.69) is 15.5 Å². The van der Waals surface area contributed by atoms with Crippen molar-refractivity contribution in [2.75, 3.05) is 12.3 Å². The second kappa shape index (κ2) is 11.0. The van der Waals surface area contributed by atoms with Gasteiger partial charge in [0, 0.05) is 24.3 Å². The van der Waals surface area contributed by atoms with Gasteiger partial charge in [-0.1, -0.05) is 19.0 Å². The molecule has 5 heterocycles.